The summed E-state index contributed by atoms with van der Waals surface area (Å²) >= 11 is 1.51. The third kappa shape index (κ3) is 19.9. The topological polar surface area (TPSA) is 241 Å². The molecule has 1 rings (SSSR count). The molecule has 17 heteroatoms. The SMILES string of the molecule is CCC(C)C(NC(=O)C(Cc1ccccc1)NC(=O)C(N)CCCCN)C(=O)NCC(=O)NC(CC(C)C)C(=O)NC(CCSC)C(N)=O.Cl.Cl. The lowest BCUT2D eigenvalue weighted by Crippen LogP contribution is -2.58. The second-order valence-corrected chi connectivity index (χ2v) is 13.7. The Kier molecular flexibility index (Phi) is 27.0. The molecule has 0 spiro atoms. The second-order valence-electron chi connectivity index (χ2n) is 12.7. The minimum Gasteiger partial charge on any atom is -0.368 e. The van der Waals surface area contributed by atoms with Crippen molar-refractivity contribution in [1.29, 1.82) is 0 Å². The van der Waals surface area contributed by atoms with Crippen molar-refractivity contribution >= 4 is 72.0 Å². The molecule has 0 bridgehead atoms. The monoisotopic (exact) mass is 778 g/mol. The van der Waals surface area contributed by atoms with Crippen LogP contribution in [0.3, 0.4) is 0 Å². The second kappa shape index (κ2) is 27.5. The van der Waals surface area contributed by atoms with Gasteiger partial charge in [-0.3, -0.25) is 28.8 Å². The number of nitrogens with two attached hydrogens (primary N) is 3. The van der Waals surface area contributed by atoms with Gasteiger partial charge in [0.05, 0.1) is 12.6 Å². The third-order valence-corrected chi connectivity index (χ3v) is 8.71. The van der Waals surface area contributed by atoms with Crippen molar-refractivity contribution in [3.05, 3.63) is 35.9 Å². The van der Waals surface area contributed by atoms with Gasteiger partial charge in [0.1, 0.15) is 24.2 Å². The van der Waals surface area contributed by atoms with Crippen molar-refractivity contribution in [2.75, 3.05) is 25.1 Å². The van der Waals surface area contributed by atoms with Crippen LogP contribution >= 0.6 is 36.6 Å². The van der Waals surface area contributed by atoms with E-state index in [-0.39, 0.29) is 49.5 Å². The fraction of sp³-hybridized carbons (Fsp3) is 0.647. The predicted octanol–water partition coefficient (Wildman–Crippen LogP) is 0.915. The van der Waals surface area contributed by atoms with Crippen molar-refractivity contribution < 1.29 is 28.8 Å². The van der Waals surface area contributed by atoms with Crippen molar-refractivity contribution in [3.63, 3.8) is 0 Å². The van der Waals surface area contributed by atoms with Gasteiger partial charge in [-0.2, -0.15) is 11.8 Å². The number of rotatable bonds is 24. The molecule has 14 nitrogen and oxygen atoms in total. The van der Waals surface area contributed by atoms with E-state index < -0.39 is 72.2 Å². The average molecular weight is 780 g/mol. The van der Waals surface area contributed by atoms with Crippen LogP contribution in [0.2, 0.25) is 0 Å². The van der Waals surface area contributed by atoms with Crippen molar-refractivity contribution in [3.8, 4) is 0 Å². The van der Waals surface area contributed by atoms with Crippen LogP contribution < -0.4 is 43.8 Å². The zero-order valence-corrected chi connectivity index (χ0v) is 32.9. The molecule has 0 aliphatic rings. The summed E-state index contributed by atoms with van der Waals surface area (Å²) in [6.07, 6.45) is 5.00. The number of hydrogen-bond donors (Lipinski definition) is 8. The van der Waals surface area contributed by atoms with E-state index in [1.165, 1.54) is 11.8 Å². The zero-order valence-electron chi connectivity index (χ0n) is 30.4. The van der Waals surface area contributed by atoms with Gasteiger partial charge >= 0.3 is 0 Å². The Morgan fingerprint density at radius 3 is 1.94 bits per heavy atom. The van der Waals surface area contributed by atoms with Gasteiger partial charge in [-0.1, -0.05) is 70.9 Å². The van der Waals surface area contributed by atoms with E-state index in [4.69, 9.17) is 17.2 Å². The molecule has 6 atom stereocenters. The number of benzene rings is 1. The highest BCUT2D eigenvalue weighted by molar-refractivity contribution is 7.98. The van der Waals surface area contributed by atoms with Crippen LogP contribution in [0.25, 0.3) is 0 Å². The molecule has 0 aromatic heterocycles. The standard InChI is InChI=1S/C34H58N8O6S.2ClH/c1-6-22(4)29(42-33(47)27(19-23-12-8-7-9-13-23)41-31(45)24(36)14-10-11-16-35)34(48)38-20-28(43)39-26(18-21(2)3)32(46)40-25(30(37)44)15-17-49-5;;/h7-9,12-13,21-22,24-27,29H,6,10-11,14-20,35-36H2,1-5H3,(H2,37,44)(H,38,48)(H,39,43)(H,40,46)(H,41,45)(H,42,47);2*1H. The molecule has 0 saturated carbocycles. The normalized spacial score (nSPS) is 14.2. The van der Waals surface area contributed by atoms with Gasteiger partial charge in [-0.15, -0.1) is 24.8 Å². The van der Waals surface area contributed by atoms with Gasteiger partial charge in [0, 0.05) is 6.42 Å². The van der Waals surface area contributed by atoms with E-state index >= 15 is 0 Å². The minimum absolute atomic E-state index is 0. The van der Waals surface area contributed by atoms with E-state index in [1.807, 2.05) is 57.4 Å². The van der Waals surface area contributed by atoms with Crippen LogP contribution in [-0.2, 0) is 35.2 Å². The number of amides is 6. The van der Waals surface area contributed by atoms with E-state index in [0.29, 0.717) is 38.0 Å². The van der Waals surface area contributed by atoms with Crippen molar-refractivity contribution in [2.24, 2.45) is 29.0 Å². The van der Waals surface area contributed by atoms with Gasteiger partial charge in [0.25, 0.3) is 0 Å². The Hall–Kier alpha value is -3.11. The van der Waals surface area contributed by atoms with Gasteiger partial charge in [0.15, 0.2) is 0 Å². The number of thioether (sulfide) groups is 1. The maximum Gasteiger partial charge on any atom is 0.243 e. The summed E-state index contributed by atoms with van der Waals surface area (Å²) in [4.78, 5) is 77.9. The summed E-state index contributed by atoms with van der Waals surface area (Å²) < 4.78 is 0. The van der Waals surface area contributed by atoms with Gasteiger partial charge in [-0.25, -0.2) is 0 Å². The van der Waals surface area contributed by atoms with Crippen LogP contribution in [0.4, 0.5) is 0 Å². The van der Waals surface area contributed by atoms with Crippen molar-refractivity contribution in [1.82, 2.24) is 26.6 Å². The maximum atomic E-state index is 13.6. The highest BCUT2D eigenvalue weighted by atomic mass is 35.5. The molecule has 0 fully saturated rings. The van der Waals surface area contributed by atoms with E-state index in [9.17, 15) is 28.8 Å². The highest BCUT2D eigenvalue weighted by Crippen LogP contribution is 2.11. The first-order valence-corrected chi connectivity index (χ1v) is 18.4. The number of halogens is 2. The largest absolute Gasteiger partial charge is 0.368 e. The number of primary amides is 1. The van der Waals surface area contributed by atoms with Crippen LogP contribution in [-0.4, -0.2) is 90.8 Å². The Morgan fingerprint density at radius 1 is 0.784 bits per heavy atom. The van der Waals surface area contributed by atoms with Gasteiger partial charge in [-0.05, 0) is 61.6 Å². The molecule has 6 unspecified atom stereocenters. The van der Waals surface area contributed by atoms with Crippen LogP contribution in [0, 0.1) is 11.8 Å². The molecular formula is C34H60Cl2N8O6S. The Balaban J connectivity index is 0. The molecule has 0 heterocycles. The maximum absolute atomic E-state index is 13.6. The summed E-state index contributed by atoms with van der Waals surface area (Å²) in [7, 11) is 0. The number of carbonyl (C=O) groups excluding carboxylic acids is 6. The lowest BCUT2D eigenvalue weighted by Gasteiger charge is -2.27. The van der Waals surface area contributed by atoms with Gasteiger partial charge < -0.3 is 43.8 Å². The molecule has 51 heavy (non-hydrogen) atoms. The van der Waals surface area contributed by atoms with E-state index in [0.717, 1.165) is 12.0 Å². The summed E-state index contributed by atoms with van der Waals surface area (Å²) in [6, 6.07) is 4.42. The fourth-order valence-electron chi connectivity index (χ4n) is 4.95. The number of nitrogens with one attached hydrogen (secondary N) is 5. The smallest absolute Gasteiger partial charge is 0.243 e. The molecule has 1 aromatic carbocycles. The first-order valence-electron chi connectivity index (χ1n) is 17.0. The van der Waals surface area contributed by atoms with E-state index in [2.05, 4.69) is 26.6 Å². The summed E-state index contributed by atoms with van der Waals surface area (Å²) in [5, 5.41) is 13.4. The summed E-state index contributed by atoms with van der Waals surface area (Å²) in [5.74, 6) is -3.19. The Morgan fingerprint density at radius 2 is 1.39 bits per heavy atom. The number of unbranched alkanes of at least 4 members (excludes halogenated alkanes) is 1. The fourth-order valence-corrected chi connectivity index (χ4v) is 5.42. The molecule has 0 aliphatic heterocycles. The van der Waals surface area contributed by atoms with Crippen LogP contribution in [0.15, 0.2) is 30.3 Å². The third-order valence-electron chi connectivity index (χ3n) is 8.07. The Labute approximate surface area is 319 Å². The van der Waals surface area contributed by atoms with Crippen LogP contribution in [0.5, 0.6) is 0 Å². The minimum atomic E-state index is -1.03. The zero-order chi connectivity index (χ0) is 36.9. The first-order chi connectivity index (χ1) is 23.2. The molecule has 1 aromatic rings. The number of carbonyl (C=O) groups is 6. The Bertz CT molecular complexity index is 1220. The molecule has 0 aliphatic carbocycles. The quantitative estimate of drug-likeness (QED) is 0.0695. The van der Waals surface area contributed by atoms with Crippen molar-refractivity contribution in [2.45, 2.75) is 103 Å². The summed E-state index contributed by atoms with van der Waals surface area (Å²) in [6.45, 7) is 7.44. The molecular weight excluding hydrogens is 719 g/mol. The predicted molar refractivity (Wildman–Crippen MR) is 207 cm³/mol. The molecule has 292 valence electrons. The molecule has 11 N–H and O–H groups in total. The van der Waals surface area contributed by atoms with Gasteiger partial charge in [0.2, 0.25) is 35.4 Å². The average Bonchev–Trinajstić information content (AvgIpc) is 3.06. The molecule has 6 amide bonds. The molecule has 0 radical (unpaired) electrons. The van der Waals surface area contributed by atoms with Crippen LogP contribution in [0.1, 0.15) is 71.8 Å². The van der Waals surface area contributed by atoms with E-state index in [1.54, 1.807) is 6.92 Å². The number of hydrogen-bond acceptors (Lipinski definition) is 9. The highest BCUT2D eigenvalue weighted by Gasteiger charge is 2.32. The lowest BCUT2D eigenvalue weighted by atomic mass is 9.97. The molecule has 0 saturated heterocycles. The first kappa shape index (κ1) is 50.0. The summed E-state index contributed by atoms with van der Waals surface area (Å²) in [5.41, 5.74) is 17.9. The lowest BCUT2D eigenvalue weighted by molar-refractivity contribution is -0.134.